The molecule has 128 valence electrons. The zero-order valence-electron chi connectivity index (χ0n) is 13.1. The quantitative estimate of drug-likeness (QED) is 0.316. The van der Waals surface area contributed by atoms with E-state index in [-0.39, 0.29) is 27.7 Å². The first-order valence-electron chi connectivity index (χ1n) is 6.81. The topological polar surface area (TPSA) is 113 Å². The molecule has 0 unspecified atom stereocenters. The number of amidine groups is 1. The lowest BCUT2D eigenvalue weighted by Gasteiger charge is -2.16. The Hall–Kier alpha value is -2.49. The molecule has 24 heavy (non-hydrogen) atoms. The highest BCUT2D eigenvalue weighted by Gasteiger charge is 2.26. The Kier molecular flexibility index (Phi) is 5.17. The van der Waals surface area contributed by atoms with E-state index in [0.717, 1.165) is 0 Å². The van der Waals surface area contributed by atoms with Gasteiger partial charge in [0.25, 0.3) is 0 Å². The fraction of sp³-hybridized carbons (Fsp3) is 0.286. The first-order chi connectivity index (χ1) is 11.2. The Morgan fingerprint density at radius 3 is 2.62 bits per heavy atom. The Labute approximate surface area is 145 Å². The van der Waals surface area contributed by atoms with Crippen LogP contribution in [0.15, 0.2) is 32.5 Å². The normalized spacial score (nSPS) is 12.1. The molecule has 0 spiro atoms. The second-order valence-electron chi connectivity index (χ2n) is 5.87. The van der Waals surface area contributed by atoms with E-state index in [1.165, 1.54) is 18.2 Å². The SMILES string of the molecule is CC(C)(C)C(=O)Nc1nonc1/C(=N\O)Nc1ccc(F)c(Br)c1. The van der Waals surface area contributed by atoms with Crippen LogP contribution in [0.4, 0.5) is 15.9 Å². The molecule has 2 rings (SSSR count). The minimum absolute atomic E-state index is 0.00333. The van der Waals surface area contributed by atoms with Crippen molar-refractivity contribution >= 4 is 39.2 Å². The second-order valence-corrected chi connectivity index (χ2v) is 6.72. The van der Waals surface area contributed by atoms with Crippen LogP contribution in [0.3, 0.4) is 0 Å². The molecule has 0 aliphatic rings. The molecule has 0 fully saturated rings. The van der Waals surface area contributed by atoms with Gasteiger partial charge in [0, 0.05) is 11.1 Å². The molecule has 1 heterocycles. The first kappa shape index (κ1) is 17.9. The molecule has 8 nitrogen and oxygen atoms in total. The van der Waals surface area contributed by atoms with Crippen molar-refractivity contribution in [3.63, 3.8) is 0 Å². The van der Waals surface area contributed by atoms with Crippen LogP contribution in [0.25, 0.3) is 0 Å². The Morgan fingerprint density at radius 2 is 2.04 bits per heavy atom. The van der Waals surface area contributed by atoms with Crippen molar-refractivity contribution in [2.75, 3.05) is 10.6 Å². The summed E-state index contributed by atoms with van der Waals surface area (Å²) < 4.78 is 18.1. The number of oxime groups is 1. The van der Waals surface area contributed by atoms with Crippen molar-refractivity contribution in [2.45, 2.75) is 20.8 Å². The van der Waals surface area contributed by atoms with Crippen molar-refractivity contribution in [1.29, 1.82) is 0 Å². The number of aromatic nitrogens is 2. The molecule has 0 aliphatic heterocycles. The molecule has 0 atom stereocenters. The van der Waals surface area contributed by atoms with E-state index in [2.05, 4.69) is 46.7 Å². The molecule has 1 aromatic carbocycles. The second kappa shape index (κ2) is 6.95. The number of carbonyl (C=O) groups is 1. The lowest BCUT2D eigenvalue weighted by molar-refractivity contribution is -0.123. The highest BCUT2D eigenvalue weighted by molar-refractivity contribution is 9.10. The highest BCUT2D eigenvalue weighted by Crippen LogP contribution is 2.22. The number of hydrogen-bond acceptors (Lipinski definition) is 6. The van der Waals surface area contributed by atoms with Gasteiger partial charge < -0.3 is 15.8 Å². The highest BCUT2D eigenvalue weighted by atomic mass is 79.9. The van der Waals surface area contributed by atoms with Gasteiger partial charge in [0.1, 0.15) is 5.82 Å². The number of halogens is 2. The number of rotatable bonds is 3. The summed E-state index contributed by atoms with van der Waals surface area (Å²) in [6, 6.07) is 4.11. The number of carbonyl (C=O) groups excluding carboxylic acids is 1. The fourth-order valence-corrected chi connectivity index (χ4v) is 1.94. The average molecular weight is 400 g/mol. The van der Waals surface area contributed by atoms with Gasteiger partial charge in [0.05, 0.1) is 4.47 Å². The number of amides is 1. The van der Waals surface area contributed by atoms with E-state index in [1.54, 1.807) is 20.8 Å². The summed E-state index contributed by atoms with van der Waals surface area (Å²) in [7, 11) is 0. The molecule has 0 radical (unpaired) electrons. The van der Waals surface area contributed by atoms with Crippen LogP contribution in [0, 0.1) is 11.2 Å². The number of benzene rings is 1. The zero-order chi connectivity index (χ0) is 17.9. The monoisotopic (exact) mass is 399 g/mol. The summed E-state index contributed by atoms with van der Waals surface area (Å²) in [4.78, 5) is 12.0. The van der Waals surface area contributed by atoms with Crippen LogP contribution in [0.2, 0.25) is 0 Å². The van der Waals surface area contributed by atoms with Crippen molar-refractivity contribution in [3.05, 3.63) is 34.2 Å². The predicted molar refractivity (Wildman–Crippen MR) is 88.4 cm³/mol. The van der Waals surface area contributed by atoms with Gasteiger partial charge in [-0.2, -0.15) is 0 Å². The maximum Gasteiger partial charge on any atom is 0.231 e. The standard InChI is InChI=1S/C14H15BrFN5O3/c1-14(2,3)13(22)18-12-10(20-24-21-12)11(19-23)17-7-4-5-9(16)8(15)6-7/h4-6,23H,1-3H3,(H,17,19)(H,18,21,22). The van der Waals surface area contributed by atoms with E-state index in [1.807, 2.05) is 0 Å². The van der Waals surface area contributed by atoms with Crippen LogP contribution in [0.1, 0.15) is 26.5 Å². The van der Waals surface area contributed by atoms with E-state index in [0.29, 0.717) is 5.69 Å². The summed E-state index contributed by atoms with van der Waals surface area (Å²) in [6.45, 7) is 5.18. The van der Waals surface area contributed by atoms with Crippen LogP contribution in [0.5, 0.6) is 0 Å². The largest absolute Gasteiger partial charge is 0.409 e. The maximum absolute atomic E-state index is 13.3. The third-order valence-electron chi connectivity index (χ3n) is 2.91. The van der Waals surface area contributed by atoms with Gasteiger partial charge in [-0.05, 0) is 44.4 Å². The minimum Gasteiger partial charge on any atom is -0.409 e. The molecule has 0 saturated heterocycles. The van der Waals surface area contributed by atoms with E-state index in [9.17, 15) is 14.4 Å². The Bertz CT molecular complexity index is 785. The third kappa shape index (κ3) is 4.07. The Balaban J connectivity index is 2.25. The van der Waals surface area contributed by atoms with Crippen LogP contribution in [-0.2, 0) is 4.79 Å². The summed E-state index contributed by atoms with van der Waals surface area (Å²) in [5.41, 5.74) is -0.246. The number of hydrogen-bond donors (Lipinski definition) is 3. The molecular formula is C14H15BrFN5O3. The molecule has 3 N–H and O–H groups in total. The summed E-state index contributed by atoms with van der Waals surface area (Å²) in [6.07, 6.45) is 0. The summed E-state index contributed by atoms with van der Waals surface area (Å²) in [5, 5.41) is 24.8. The summed E-state index contributed by atoms with van der Waals surface area (Å²) >= 11 is 3.05. The van der Waals surface area contributed by atoms with E-state index in [4.69, 9.17) is 0 Å². The van der Waals surface area contributed by atoms with Crippen molar-refractivity contribution in [2.24, 2.45) is 10.6 Å². The predicted octanol–water partition coefficient (Wildman–Crippen LogP) is 3.20. The first-order valence-corrected chi connectivity index (χ1v) is 7.60. The Morgan fingerprint density at radius 1 is 1.33 bits per heavy atom. The van der Waals surface area contributed by atoms with Crippen LogP contribution < -0.4 is 10.6 Å². The smallest absolute Gasteiger partial charge is 0.231 e. The van der Waals surface area contributed by atoms with Crippen molar-refractivity contribution in [3.8, 4) is 0 Å². The van der Waals surface area contributed by atoms with Gasteiger partial charge in [0.2, 0.25) is 17.6 Å². The maximum atomic E-state index is 13.3. The average Bonchev–Trinajstić information content (AvgIpc) is 2.95. The van der Waals surface area contributed by atoms with Crippen molar-refractivity contribution in [1.82, 2.24) is 10.3 Å². The van der Waals surface area contributed by atoms with E-state index < -0.39 is 11.2 Å². The number of nitrogens with one attached hydrogen (secondary N) is 2. The van der Waals surface area contributed by atoms with E-state index >= 15 is 0 Å². The van der Waals surface area contributed by atoms with Gasteiger partial charge in [-0.3, -0.25) is 4.79 Å². The molecule has 0 aliphatic carbocycles. The van der Waals surface area contributed by atoms with Gasteiger partial charge in [0.15, 0.2) is 5.69 Å². The fourth-order valence-electron chi connectivity index (χ4n) is 1.56. The lowest BCUT2D eigenvalue weighted by Crippen LogP contribution is -2.29. The van der Waals surface area contributed by atoms with Gasteiger partial charge >= 0.3 is 0 Å². The minimum atomic E-state index is -0.665. The van der Waals surface area contributed by atoms with Crippen molar-refractivity contribution < 1.29 is 19.0 Å². The lowest BCUT2D eigenvalue weighted by atomic mass is 9.96. The molecule has 1 amide bonds. The molecule has 0 saturated carbocycles. The zero-order valence-corrected chi connectivity index (χ0v) is 14.7. The van der Waals surface area contributed by atoms with Gasteiger partial charge in [-0.1, -0.05) is 25.9 Å². The number of anilines is 2. The third-order valence-corrected chi connectivity index (χ3v) is 3.52. The molecule has 1 aromatic heterocycles. The molecular weight excluding hydrogens is 385 g/mol. The van der Waals surface area contributed by atoms with Crippen LogP contribution >= 0.6 is 15.9 Å². The summed E-state index contributed by atoms with van der Waals surface area (Å²) in [5.74, 6) is -0.888. The van der Waals surface area contributed by atoms with Gasteiger partial charge in [-0.15, -0.1) is 0 Å². The molecule has 10 heteroatoms. The van der Waals surface area contributed by atoms with Crippen LogP contribution in [-0.4, -0.2) is 27.3 Å². The number of nitrogens with zero attached hydrogens (tertiary/aromatic N) is 3. The molecule has 2 aromatic rings. The molecule has 0 bridgehead atoms. The van der Waals surface area contributed by atoms with Gasteiger partial charge in [-0.25, -0.2) is 9.02 Å².